The van der Waals surface area contributed by atoms with E-state index in [0.717, 1.165) is 75.8 Å². The molecule has 0 bridgehead atoms. The van der Waals surface area contributed by atoms with E-state index < -0.39 is 11.9 Å². The normalized spacial score (nSPS) is 15.7. The molecule has 0 radical (unpaired) electrons. The molecule has 342 valence electrons. The zero-order valence-corrected chi connectivity index (χ0v) is 40.3. The van der Waals surface area contributed by atoms with E-state index in [1.54, 1.807) is 6.92 Å². The van der Waals surface area contributed by atoms with Crippen molar-refractivity contribution in [3.63, 3.8) is 0 Å². The quantitative estimate of drug-likeness (QED) is 0.0485. The fraction of sp³-hybridized carbons (Fsp3) is 0.328. The minimum absolute atomic E-state index is 0.0371. The standard InChI is InChI=1S/C58H65N3O5/c1-37(2)64-31-32-65-54(62)29-30-55(63)66-53-18-14-13-17-52(53)59-51-28-27-50(48-15-11-12-16-49(48)51)56(44-19-23-46(24-20-44)60(9)57-40(5)33-38(3)34-41(57)6)45-21-25-47(26-22-45)61(10)58-42(7)35-39(4)36-43(58)8/h11-12,15-16,19-28,33-36,52-53H,1,13-14,17-18,29-32H2,2-10H3/p+1. The summed E-state index contributed by atoms with van der Waals surface area (Å²) < 4.78 is 18.8. The van der Waals surface area contributed by atoms with E-state index in [-0.39, 0.29) is 38.2 Å². The molecule has 0 heterocycles. The van der Waals surface area contributed by atoms with Crippen LogP contribution in [0.3, 0.4) is 0 Å². The fourth-order valence-electron chi connectivity index (χ4n) is 9.96. The van der Waals surface area contributed by atoms with Crippen molar-refractivity contribution in [2.24, 2.45) is 0 Å². The van der Waals surface area contributed by atoms with Gasteiger partial charge in [0.15, 0.2) is 0 Å². The van der Waals surface area contributed by atoms with Crippen LogP contribution in [0.5, 0.6) is 0 Å². The lowest BCUT2D eigenvalue weighted by atomic mass is 9.87. The number of hydrogen-bond acceptors (Lipinski definition) is 7. The number of nitrogens with one attached hydrogen (secondary N) is 1. The van der Waals surface area contributed by atoms with Gasteiger partial charge in [-0.05, 0) is 149 Å². The van der Waals surface area contributed by atoms with Crippen molar-refractivity contribution in [2.45, 2.75) is 99.1 Å². The Bertz CT molecular complexity index is 2710. The molecule has 2 aliphatic carbocycles. The first kappa shape index (κ1) is 47.3. The van der Waals surface area contributed by atoms with Crippen molar-refractivity contribution in [1.82, 2.24) is 0 Å². The Morgan fingerprint density at radius 3 is 1.97 bits per heavy atom. The average molecular weight is 885 g/mol. The number of rotatable bonds is 15. The van der Waals surface area contributed by atoms with Gasteiger partial charge in [0.05, 0.1) is 24.6 Å². The summed E-state index contributed by atoms with van der Waals surface area (Å²) in [4.78, 5) is 27.7. The third-order valence-corrected chi connectivity index (χ3v) is 12.8. The molecule has 0 amide bonds. The molecular weight excluding hydrogens is 819 g/mol. The Balaban J connectivity index is 1.21. The summed E-state index contributed by atoms with van der Waals surface area (Å²) in [6.07, 6.45) is 12.2. The number of hydrogen-bond donors (Lipinski definition) is 1. The lowest BCUT2D eigenvalue weighted by Crippen LogP contribution is -2.39. The molecule has 8 nitrogen and oxygen atoms in total. The van der Waals surface area contributed by atoms with Crippen molar-refractivity contribution in [2.75, 3.05) is 37.5 Å². The van der Waals surface area contributed by atoms with Crippen LogP contribution in [0.2, 0.25) is 0 Å². The predicted molar refractivity (Wildman–Crippen MR) is 272 cm³/mol. The number of ether oxygens (including phenoxy) is 3. The summed E-state index contributed by atoms with van der Waals surface area (Å²) in [5.74, 6) is -0.295. The smallest absolute Gasteiger partial charge is 0.306 e. The molecule has 1 N–H and O–H groups in total. The average Bonchev–Trinajstić information content (AvgIpc) is 3.28. The molecule has 5 aromatic rings. The molecule has 5 aromatic carbocycles. The molecule has 0 aliphatic heterocycles. The molecule has 0 spiro atoms. The third kappa shape index (κ3) is 11.0. The minimum atomic E-state index is -0.454. The van der Waals surface area contributed by atoms with Gasteiger partial charge in [-0.2, -0.15) is 4.58 Å². The fourth-order valence-corrected chi connectivity index (χ4v) is 9.96. The number of allylic oxidation sites excluding steroid dienone is 6. The van der Waals surface area contributed by atoms with Gasteiger partial charge in [-0.3, -0.25) is 9.59 Å². The monoisotopic (exact) mass is 884 g/mol. The van der Waals surface area contributed by atoms with Crippen molar-refractivity contribution >= 4 is 56.7 Å². The van der Waals surface area contributed by atoms with Crippen molar-refractivity contribution in [3.8, 4) is 0 Å². The first-order chi connectivity index (χ1) is 31.7. The van der Waals surface area contributed by atoms with Crippen LogP contribution in [0.4, 0.5) is 22.7 Å². The first-order valence-electron chi connectivity index (χ1n) is 23.3. The maximum absolute atomic E-state index is 13.1. The summed E-state index contributed by atoms with van der Waals surface area (Å²) in [7, 11) is 4.30. The Morgan fingerprint density at radius 2 is 1.32 bits per heavy atom. The second-order valence-corrected chi connectivity index (χ2v) is 18.1. The molecule has 7 rings (SSSR count). The van der Waals surface area contributed by atoms with Gasteiger partial charge < -0.3 is 24.4 Å². The van der Waals surface area contributed by atoms with E-state index in [2.05, 4.69) is 186 Å². The Morgan fingerprint density at radius 1 is 0.727 bits per heavy atom. The van der Waals surface area contributed by atoms with E-state index in [0.29, 0.717) is 5.76 Å². The van der Waals surface area contributed by atoms with E-state index in [1.807, 2.05) is 0 Å². The number of carbonyl (C=O) groups is 2. The third-order valence-electron chi connectivity index (χ3n) is 12.8. The summed E-state index contributed by atoms with van der Waals surface area (Å²) in [5.41, 5.74) is 17.7. The molecular formula is C58H66N3O5+. The first-order valence-corrected chi connectivity index (χ1v) is 23.3. The van der Waals surface area contributed by atoms with Crippen LogP contribution < -0.4 is 10.2 Å². The van der Waals surface area contributed by atoms with Gasteiger partial charge in [-0.15, -0.1) is 0 Å². The largest absolute Gasteiger partial charge is 0.495 e. The molecule has 8 heteroatoms. The number of fused-ring (bicyclic) bond motifs is 1. The summed E-state index contributed by atoms with van der Waals surface area (Å²) in [5, 5.41) is 6.03. The van der Waals surface area contributed by atoms with Gasteiger partial charge in [0.1, 0.15) is 26.4 Å². The zero-order valence-electron chi connectivity index (χ0n) is 40.3. The van der Waals surface area contributed by atoms with Gasteiger partial charge in [-0.1, -0.05) is 78.7 Å². The van der Waals surface area contributed by atoms with Crippen molar-refractivity contribution in [1.29, 1.82) is 0 Å². The van der Waals surface area contributed by atoms with Crippen molar-refractivity contribution in [3.05, 3.63) is 172 Å². The highest BCUT2D eigenvalue weighted by atomic mass is 16.6. The highest BCUT2D eigenvalue weighted by Gasteiger charge is 2.30. The Kier molecular flexibility index (Phi) is 15.1. The van der Waals surface area contributed by atoms with Crippen LogP contribution in [-0.4, -0.2) is 61.7 Å². The lowest BCUT2D eigenvalue weighted by Gasteiger charge is -2.33. The summed E-state index contributed by atoms with van der Waals surface area (Å²) >= 11 is 0. The predicted octanol–water partition coefficient (Wildman–Crippen LogP) is 12.9. The number of nitrogens with zero attached hydrogens (tertiary/aromatic N) is 2. The van der Waals surface area contributed by atoms with Gasteiger partial charge in [-0.25, -0.2) is 0 Å². The highest BCUT2D eigenvalue weighted by molar-refractivity contribution is 6.08. The second-order valence-electron chi connectivity index (χ2n) is 18.1. The molecule has 2 aliphatic rings. The molecule has 1 fully saturated rings. The second kappa shape index (κ2) is 21.1. The number of carbonyl (C=O) groups excluding carboxylic acids is 2. The number of anilines is 3. The lowest BCUT2D eigenvalue weighted by molar-refractivity contribution is -0.404. The van der Waals surface area contributed by atoms with Crippen LogP contribution in [0.15, 0.2) is 127 Å². The van der Waals surface area contributed by atoms with Crippen molar-refractivity contribution < 1.29 is 28.4 Å². The molecule has 0 saturated heterocycles. The van der Waals surface area contributed by atoms with Crippen LogP contribution in [0.25, 0.3) is 16.3 Å². The minimum Gasteiger partial charge on any atom is -0.495 e. The van der Waals surface area contributed by atoms with E-state index in [4.69, 9.17) is 14.2 Å². The maximum Gasteiger partial charge on any atom is 0.306 e. The molecule has 66 heavy (non-hydrogen) atoms. The van der Waals surface area contributed by atoms with Gasteiger partial charge in [0.25, 0.3) is 0 Å². The summed E-state index contributed by atoms with van der Waals surface area (Å²) in [6.45, 7) is 18.8. The molecule has 2 unspecified atom stereocenters. The van der Waals surface area contributed by atoms with E-state index >= 15 is 0 Å². The van der Waals surface area contributed by atoms with Gasteiger partial charge in [0, 0.05) is 52.8 Å². The Hall–Kier alpha value is -6.67. The van der Waals surface area contributed by atoms with Crippen LogP contribution in [-0.2, 0) is 23.8 Å². The van der Waals surface area contributed by atoms with Crippen LogP contribution in [0.1, 0.15) is 90.0 Å². The SMILES string of the molecule is C=C(C)OCCOC(=O)CCC(=O)OC1CCCCC1Nc1ccc(C(=C2C=CC(=[N+](C)c3c(C)cc(C)cc3C)C=C2)c2ccc(N(C)c3c(C)cc(C)cc3C)cc2)c2ccccc12. The molecule has 0 aromatic heterocycles. The zero-order chi connectivity index (χ0) is 47.1. The van der Waals surface area contributed by atoms with Crippen LogP contribution >= 0.6 is 0 Å². The Labute approximate surface area is 392 Å². The molecule has 2 atom stereocenters. The van der Waals surface area contributed by atoms with E-state index in [1.165, 1.54) is 44.8 Å². The topological polar surface area (TPSA) is 80.1 Å². The number of esters is 2. The van der Waals surface area contributed by atoms with Gasteiger partial charge >= 0.3 is 11.9 Å². The number of aryl methyl sites for hydroxylation is 6. The van der Waals surface area contributed by atoms with E-state index in [9.17, 15) is 9.59 Å². The highest BCUT2D eigenvalue weighted by Crippen LogP contribution is 2.40. The van der Waals surface area contributed by atoms with Crippen LogP contribution in [0, 0.1) is 41.5 Å². The number of benzene rings is 5. The van der Waals surface area contributed by atoms with Gasteiger partial charge in [0.2, 0.25) is 11.4 Å². The summed E-state index contributed by atoms with van der Waals surface area (Å²) in [6, 6.07) is 30.8. The molecule has 1 saturated carbocycles. The maximum atomic E-state index is 13.1.